The molecule has 0 heterocycles. The van der Waals surface area contributed by atoms with Crippen LogP contribution in [0.3, 0.4) is 0 Å². The Bertz CT molecular complexity index is 447. The molecule has 3 heteroatoms. The Morgan fingerprint density at radius 2 is 1.72 bits per heavy atom. The normalized spacial score (nSPS) is 11.2. The summed E-state index contributed by atoms with van der Waals surface area (Å²) in [6.07, 6.45) is 0.300. The third kappa shape index (κ3) is 3.42. The Labute approximate surface area is 109 Å². The zero-order valence-corrected chi connectivity index (χ0v) is 11.8. The molecule has 0 fully saturated rings. The fourth-order valence-corrected chi connectivity index (χ4v) is 1.92. The van der Waals surface area contributed by atoms with Gasteiger partial charge >= 0.3 is 0 Å². The number of benzene rings is 1. The highest BCUT2D eigenvalue weighted by Crippen LogP contribution is 2.26. The molecular formula is C15H21NO2. The van der Waals surface area contributed by atoms with Crippen LogP contribution in [0.4, 0.5) is 0 Å². The minimum absolute atomic E-state index is 0.111. The number of nitrogens with one attached hydrogen (secondary N) is 1. The van der Waals surface area contributed by atoms with E-state index in [1.165, 1.54) is 5.56 Å². The summed E-state index contributed by atoms with van der Waals surface area (Å²) in [7, 11) is 0. The van der Waals surface area contributed by atoms with Crippen LogP contribution in [-0.4, -0.2) is 12.2 Å². The van der Waals surface area contributed by atoms with Gasteiger partial charge in [0.2, 0.25) is 6.29 Å². The van der Waals surface area contributed by atoms with E-state index in [-0.39, 0.29) is 5.41 Å². The summed E-state index contributed by atoms with van der Waals surface area (Å²) in [4.78, 5) is 21.2. The van der Waals surface area contributed by atoms with Crippen molar-refractivity contribution in [2.24, 2.45) is 0 Å². The molecule has 0 saturated heterocycles. The molecule has 1 N–H and O–H groups in total. The monoisotopic (exact) mass is 247 g/mol. The average Bonchev–Trinajstić information content (AvgIpc) is 2.26. The first kappa shape index (κ1) is 14.4. The van der Waals surface area contributed by atoms with E-state index in [1.54, 1.807) is 0 Å². The van der Waals surface area contributed by atoms with Gasteiger partial charge in [0.25, 0.3) is 5.91 Å². The predicted octanol–water partition coefficient (Wildman–Crippen LogP) is 2.42. The number of hydrogen-bond acceptors (Lipinski definition) is 2. The van der Waals surface area contributed by atoms with E-state index in [0.29, 0.717) is 12.8 Å². The van der Waals surface area contributed by atoms with Crippen LogP contribution in [0.15, 0.2) is 12.1 Å². The molecule has 18 heavy (non-hydrogen) atoms. The molecule has 0 aromatic heterocycles. The first-order chi connectivity index (χ1) is 8.25. The van der Waals surface area contributed by atoms with Gasteiger partial charge in [-0.25, -0.2) is 0 Å². The smallest absolute Gasteiger partial charge is 0.284 e. The van der Waals surface area contributed by atoms with Gasteiger partial charge < -0.3 is 5.32 Å². The van der Waals surface area contributed by atoms with E-state index in [4.69, 9.17) is 0 Å². The Balaban J connectivity index is 3.02. The van der Waals surface area contributed by atoms with Crippen molar-refractivity contribution in [2.75, 3.05) is 0 Å². The minimum atomic E-state index is -0.575. The van der Waals surface area contributed by atoms with Crippen LogP contribution in [0.2, 0.25) is 0 Å². The first-order valence-corrected chi connectivity index (χ1v) is 6.09. The number of carbonyl (C=O) groups is 2. The Morgan fingerprint density at radius 3 is 2.11 bits per heavy atom. The molecule has 98 valence electrons. The van der Waals surface area contributed by atoms with Crippen molar-refractivity contribution in [3.63, 3.8) is 0 Å². The third-order valence-corrected chi connectivity index (χ3v) is 3.11. The number of hydrogen-bond donors (Lipinski definition) is 1. The number of aldehydes is 1. The van der Waals surface area contributed by atoms with Gasteiger partial charge in [0.1, 0.15) is 0 Å². The zero-order valence-electron chi connectivity index (χ0n) is 11.8. The fraction of sp³-hybridized carbons (Fsp3) is 0.467. The molecule has 1 aromatic carbocycles. The van der Waals surface area contributed by atoms with Gasteiger partial charge in [-0.1, -0.05) is 32.9 Å². The molecular weight excluding hydrogens is 226 g/mol. The Kier molecular flexibility index (Phi) is 4.28. The average molecular weight is 247 g/mol. The number of rotatable bonds is 3. The molecule has 0 aliphatic rings. The van der Waals surface area contributed by atoms with E-state index in [9.17, 15) is 9.59 Å². The van der Waals surface area contributed by atoms with E-state index in [2.05, 4.69) is 38.2 Å². The van der Waals surface area contributed by atoms with E-state index < -0.39 is 5.91 Å². The summed E-state index contributed by atoms with van der Waals surface area (Å²) >= 11 is 0. The lowest BCUT2D eigenvalue weighted by Crippen LogP contribution is -2.24. The topological polar surface area (TPSA) is 46.2 Å². The fourth-order valence-electron chi connectivity index (χ4n) is 1.92. The Hall–Kier alpha value is -1.64. The lowest BCUT2D eigenvalue weighted by atomic mass is 9.84. The van der Waals surface area contributed by atoms with Crippen molar-refractivity contribution >= 4 is 12.2 Å². The van der Waals surface area contributed by atoms with Crippen LogP contribution in [0.1, 0.15) is 43.0 Å². The van der Waals surface area contributed by atoms with Gasteiger partial charge in [-0.2, -0.15) is 0 Å². The second-order valence-electron chi connectivity index (χ2n) is 5.67. The summed E-state index contributed by atoms with van der Waals surface area (Å²) in [5.74, 6) is -0.575. The maximum atomic E-state index is 11.0. The van der Waals surface area contributed by atoms with Crippen LogP contribution in [0.25, 0.3) is 0 Å². The summed E-state index contributed by atoms with van der Waals surface area (Å²) in [6, 6.07) is 4.30. The van der Waals surface area contributed by atoms with Crippen LogP contribution < -0.4 is 5.32 Å². The maximum Gasteiger partial charge on any atom is 0.284 e. The highest BCUT2D eigenvalue weighted by molar-refractivity contribution is 6.23. The third-order valence-electron chi connectivity index (χ3n) is 3.11. The van der Waals surface area contributed by atoms with Crippen LogP contribution >= 0.6 is 0 Å². The summed E-state index contributed by atoms with van der Waals surface area (Å²) < 4.78 is 0. The van der Waals surface area contributed by atoms with Gasteiger partial charge in [0.05, 0.1) is 0 Å². The van der Waals surface area contributed by atoms with E-state index in [1.807, 2.05) is 13.8 Å². The van der Waals surface area contributed by atoms with Crippen molar-refractivity contribution < 1.29 is 9.59 Å². The molecule has 0 atom stereocenters. The van der Waals surface area contributed by atoms with Crippen molar-refractivity contribution in [1.82, 2.24) is 5.32 Å². The summed E-state index contributed by atoms with van der Waals surface area (Å²) in [5, 5.41) is 2.58. The predicted molar refractivity (Wildman–Crippen MR) is 72.5 cm³/mol. The van der Waals surface area contributed by atoms with Gasteiger partial charge in [0.15, 0.2) is 0 Å². The lowest BCUT2D eigenvalue weighted by Gasteiger charge is -2.22. The molecule has 0 bridgehead atoms. The molecule has 0 saturated carbocycles. The summed E-state index contributed by atoms with van der Waals surface area (Å²) in [5.41, 5.74) is 4.76. The maximum absolute atomic E-state index is 11.0. The molecule has 1 rings (SSSR count). The van der Waals surface area contributed by atoms with Gasteiger partial charge in [0, 0.05) is 6.54 Å². The number of amides is 1. The standard InChI is InChI=1S/C15H21NO2/c1-10-6-12(15(3,4)5)7-11(2)13(10)8-16-14(18)9-17/h6-7,9H,8H2,1-5H3,(H,16,18). The Morgan fingerprint density at radius 1 is 1.22 bits per heavy atom. The van der Waals surface area contributed by atoms with Crippen molar-refractivity contribution in [1.29, 1.82) is 0 Å². The summed E-state index contributed by atoms with van der Waals surface area (Å²) in [6.45, 7) is 11.0. The van der Waals surface area contributed by atoms with Crippen LogP contribution in [-0.2, 0) is 21.5 Å². The molecule has 0 aliphatic heterocycles. The van der Waals surface area contributed by atoms with Crippen LogP contribution in [0, 0.1) is 13.8 Å². The van der Waals surface area contributed by atoms with Crippen molar-refractivity contribution in [3.8, 4) is 0 Å². The highest BCUT2D eigenvalue weighted by Gasteiger charge is 2.16. The molecule has 0 spiro atoms. The lowest BCUT2D eigenvalue weighted by molar-refractivity contribution is -0.131. The second-order valence-corrected chi connectivity index (χ2v) is 5.67. The first-order valence-electron chi connectivity index (χ1n) is 6.09. The van der Waals surface area contributed by atoms with E-state index >= 15 is 0 Å². The largest absolute Gasteiger partial charge is 0.346 e. The molecule has 0 unspecified atom stereocenters. The SMILES string of the molecule is Cc1cc(C(C)(C)C)cc(C)c1CNC(=O)C=O. The van der Waals surface area contributed by atoms with Gasteiger partial charge in [-0.3, -0.25) is 9.59 Å². The van der Waals surface area contributed by atoms with Crippen molar-refractivity contribution in [3.05, 3.63) is 34.4 Å². The number of aryl methyl sites for hydroxylation is 2. The molecule has 0 radical (unpaired) electrons. The molecule has 1 amide bonds. The number of carbonyl (C=O) groups excluding carboxylic acids is 2. The zero-order chi connectivity index (χ0) is 13.9. The van der Waals surface area contributed by atoms with Gasteiger partial charge in [-0.05, 0) is 41.5 Å². The van der Waals surface area contributed by atoms with Crippen LogP contribution in [0.5, 0.6) is 0 Å². The minimum Gasteiger partial charge on any atom is -0.346 e. The van der Waals surface area contributed by atoms with E-state index in [0.717, 1.165) is 16.7 Å². The van der Waals surface area contributed by atoms with Crippen molar-refractivity contribution in [2.45, 2.75) is 46.6 Å². The molecule has 1 aromatic rings. The highest BCUT2D eigenvalue weighted by atomic mass is 16.2. The molecule has 3 nitrogen and oxygen atoms in total. The second kappa shape index (κ2) is 5.34. The van der Waals surface area contributed by atoms with Gasteiger partial charge in [-0.15, -0.1) is 0 Å². The molecule has 0 aliphatic carbocycles. The quantitative estimate of drug-likeness (QED) is 0.658.